The van der Waals surface area contributed by atoms with E-state index in [4.69, 9.17) is 21.1 Å². The third kappa shape index (κ3) is 5.76. The highest BCUT2D eigenvalue weighted by molar-refractivity contribution is 6.31. The lowest BCUT2D eigenvalue weighted by Crippen LogP contribution is -2.50. The highest BCUT2D eigenvalue weighted by Crippen LogP contribution is 2.23. The van der Waals surface area contributed by atoms with Crippen molar-refractivity contribution in [1.82, 2.24) is 15.1 Å². The highest BCUT2D eigenvalue weighted by Gasteiger charge is 2.30. The van der Waals surface area contributed by atoms with Gasteiger partial charge in [-0.1, -0.05) is 17.7 Å². The van der Waals surface area contributed by atoms with Gasteiger partial charge in [0.25, 0.3) is 0 Å². The first-order valence-corrected chi connectivity index (χ1v) is 10.6. The highest BCUT2D eigenvalue weighted by atomic mass is 35.5. The van der Waals surface area contributed by atoms with Gasteiger partial charge < -0.3 is 24.6 Å². The second kappa shape index (κ2) is 10.7. The number of benzene rings is 1. The number of amides is 1. The van der Waals surface area contributed by atoms with Gasteiger partial charge in [0.15, 0.2) is 5.96 Å². The van der Waals surface area contributed by atoms with E-state index in [1.54, 1.807) is 14.2 Å². The van der Waals surface area contributed by atoms with Crippen LogP contribution in [-0.2, 0) is 16.0 Å². The number of hydrogen-bond acceptors (Lipinski definition) is 4. The Morgan fingerprint density at radius 2 is 1.97 bits per heavy atom. The normalized spacial score (nSPS) is 18.7. The van der Waals surface area contributed by atoms with Gasteiger partial charge in [0.1, 0.15) is 5.75 Å². The Labute approximate surface area is 178 Å². The number of carbonyl (C=O) groups is 1. The van der Waals surface area contributed by atoms with Crippen LogP contribution in [0.4, 0.5) is 0 Å². The molecule has 0 saturated carbocycles. The van der Waals surface area contributed by atoms with Gasteiger partial charge in [0, 0.05) is 50.7 Å². The number of guanidine groups is 1. The van der Waals surface area contributed by atoms with Crippen LogP contribution in [0.5, 0.6) is 5.75 Å². The molecule has 0 spiro atoms. The average molecular weight is 423 g/mol. The molecule has 2 heterocycles. The summed E-state index contributed by atoms with van der Waals surface area (Å²) in [6.07, 6.45) is 2.52. The number of likely N-dealkylation sites (tertiary alicyclic amines) is 1. The molecular formula is C21H31ClN4O3. The minimum atomic E-state index is 0.112. The molecular weight excluding hydrogens is 392 g/mol. The van der Waals surface area contributed by atoms with Gasteiger partial charge in [-0.2, -0.15) is 0 Å². The molecule has 0 aromatic heterocycles. The minimum absolute atomic E-state index is 0.112. The van der Waals surface area contributed by atoms with Crippen molar-refractivity contribution in [3.05, 3.63) is 28.8 Å². The molecule has 1 aromatic rings. The summed E-state index contributed by atoms with van der Waals surface area (Å²) >= 11 is 6.32. The molecule has 1 N–H and O–H groups in total. The summed E-state index contributed by atoms with van der Waals surface area (Å²) in [6, 6.07) is 5.75. The summed E-state index contributed by atoms with van der Waals surface area (Å²) in [6.45, 7) is 5.16. The molecule has 0 unspecified atom stereocenters. The monoisotopic (exact) mass is 422 g/mol. The fourth-order valence-corrected chi connectivity index (χ4v) is 4.14. The van der Waals surface area contributed by atoms with E-state index in [1.165, 1.54) is 0 Å². The van der Waals surface area contributed by atoms with Crippen molar-refractivity contribution in [3.8, 4) is 5.75 Å². The van der Waals surface area contributed by atoms with Gasteiger partial charge >= 0.3 is 0 Å². The Balaban J connectivity index is 1.45. The number of aliphatic imine (C=N–C) groups is 1. The Morgan fingerprint density at radius 1 is 1.24 bits per heavy atom. The number of halogens is 1. The molecule has 2 fully saturated rings. The van der Waals surface area contributed by atoms with E-state index in [2.05, 4.69) is 15.2 Å². The number of methoxy groups -OCH3 is 1. The van der Waals surface area contributed by atoms with E-state index in [1.807, 2.05) is 23.1 Å². The van der Waals surface area contributed by atoms with Crippen molar-refractivity contribution in [3.63, 3.8) is 0 Å². The summed E-state index contributed by atoms with van der Waals surface area (Å²) in [7, 11) is 3.43. The summed E-state index contributed by atoms with van der Waals surface area (Å²) in [5.41, 5.74) is 1.07. The largest absolute Gasteiger partial charge is 0.497 e. The molecule has 0 aliphatic carbocycles. The molecule has 0 radical (unpaired) electrons. The molecule has 2 saturated heterocycles. The van der Waals surface area contributed by atoms with Crippen molar-refractivity contribution in [2.75, 3.05) is 60.1 Å². The number of morpholine rings is 1. The quantitative estimate of drug-likeness (QED) is 0.581. The van der Waals surface area contributed by atoms with Gasteiger partial charge in [-0.05, 0) is 37.0 Å². The predicted molar refractivity (Wildman–Crippen MR) is 115 cm³/mol. The zero-order chi connectivity index (χ0) is 20.6. The van der Waals surface area contributed by atoms with Crippen molar-refractivity contribution < 1.29 is 14.3 Å². The first kappa shape index (κ1) is 21.7. The average Bonchev–Trinajstić information content (AvgIpc) is 2.78. The first-order chi connectivity index (χ1) is 14.1. The molecule has 0 bridgehead atoms. The molecule has 2 aliphatic heterocycles. The number of nitrogens with zero attached hydrogens (tertiary/aromatic N) is 3. The first-order valence-electron chi connectivity index (χ1n) is 10.3. The third-order valence-corrected chi connectivity index (χ3v) is 5.97. The van der Waals surface area contributed by atoms with Crippen LogP contribution in [0, 0.1) is 5.92 Å². The minimum Gasteiger partial charge on any atom is -0.497 e. The van der Waals surface area contributed by atoms with Crippen LogP contribution in [-0.4, -0.2) is 81.8 Å². The number of nitrogens with one attached hydrogen (secondary N) is 1. The smallest absolute Gasteiger partial charge is 0.225 e. The van der Waals surface area contributed by atoms with Gasteiger partial charge in [0.2, 0.25) is 5.91 Å². The number of rotatable bonds is 5. The van der Waals surface area contributed by atoms with Crippen LogP contribution in [0.2, 0.25) is 5.02 Å². The lowest BCUT2D eigenvalue weighted by Gasteiger charge is -2.36. The summed E-state index contributed by atoms with van der Waals surface area (Å²) in [5.74, 6) is 2.04. The molecule has 8 heteroatoms. The van der Waals surface area contributed by atoms with Crippen molar-refractivity contribution >= 4 is 23.5 Å². The Kier molecular flexibility index (Phi) is 8.00. The van der Waals surface area contributed by atoms with Crippen molar-refractivity contribution in [2.24, 2.45) is 10.9 Å². The molecule has 2 aliphatic rings. The third-order valence-electron chi connectivity index (χ3n) is 5.62. The molecule has 1 aromatic carbocycles. The Hall–Kier alpha value is -1.99. The standard InChI is InChI=1S/C21H31ClN4O3/c1-23-21(24-8-5-16-3-4-18(28-2)15-19(16)22)26-9-6-17(7-10-26)20(27)25-11-13-29-14-12-25/h3-4,15,17H,5-14H2,1-2H3,(H,23,24). The van der Waals surface area contributed by atoms with E-state index >= 15 is 0 Å². The maximum absolute atomic E-state index is 12.7. The van der Waals surface area contributed by atoms with Crippen LogP contribution in [0.3, 0.4) is 0 Å². The molecule has 7 nitrogen and oxygen atoms in total. The molecule has 0 atom stereocenters. The van der Waals surface area contributed by atoms with Crippen molar-refractivity contribution in [1.29, 1.82) is 0 Å². The topological polar surface area (TPSA) is 66.4 Å². The fraction of sp³-hybridized carbons (Fsp3) is 0.619. The zero-order valence-corrected chi connectivity index (χ0v) is 18.1. The molecule has 3 rings (SSSR count). The predicted octanol–water partition coefficient (Wildman–Crippen LogP) is 2.04. The molecule has 160 valence electrons. The van der Waals surface area contributed by atoms with Crippen LogP contribution in [0.15, 0.2) is 23.2 Å². The Morgan fingerprint density at radius 3 is 2.59 bits per heavy atom. The summed E-state index contributed by atoms with van der Waals surface area (Å²) in [5, 5.41) is 4.14. The second-order valence-electron chi connectivity index (χ2n) is 7.38. The van der Waals surface area contributed by atoms with E-state index in [9.17, 15) is 4.79 Å². The number of piperidine rings is 1. The van der Waals surface area contributed by atoms with Crippen LogP contribution in [0.25, 0.3) is 0 Å². The SMILES string of the molecule is CN=C(NCCc1ccc(OC)cc1Cl)N1CCC(C(=O)N2CCOCC2)CC1. The second-order valence-corrected chi connectivity index (χ2v) is 7.79. The lowest BCUT2D eigenvalue weighted by atomic mass is 9.95. The number of ether oxygens (including phenoxy) is 2. The summed E-state index contributed by atoms with van der Waals surface area (Å²) < 4.78 is 10.5. The van der Waals surface area contributed by atoms with E-state index in [0.29, 0.717) is 18.2 Å². The van der Waals surface area contributed by atoms with Gasteiger partial charge in [-0.15, -0.1) is 0 Å². The molecule has 1 amide bonds. The fourth-order valence-electron chi connectivity index (χ4n) is 3.88. The van der Waals surface area contributed by atoms with Crippen molar-refractivity contribution in [2.45, 2.75) is 19.3 Å². The van der Waals surface area contributed by atoms with E-state index in [-0.39, 0.29) is 11.8 Å². The maximum atomic E-state index is 12.7. The van der Waals surface area contributed by atoms with Gasteiger partial charge in [0.05, 0.1) is 20.3 Å². The zero-order valence-electron chi connectivity index (χ0n) is 17.3. The Bertz CT molecular complexity index is 714. The number of carbonyl (C=O) groups excluding carboxylic acids is 1. The van der Waals surface area contributed by atoms with Crippen LogP contribution >= 0.6 is 11.6 Å². The maximum Gasteiger partial charge on any atom is 0.225 e. The van der Waals surface area contributed by atoms with Gasteiger partial charge in [-0.3, -0.25) is 9.79 Å². The van der Waals surface area contributed by atoms with E-state index < -0.39 is 0 Å². The van der Waals surface area contributed by atoms with Crippen LogP contribution < -0.4 is 10.1 Å². The number of hydrogen-bond donors (Lipinski definition) is 1. The van der Waals surface area contributed by atoms with Gasteiger partial charge in [-0.25, -0.2) is 0 Å². The van der Waals surface area contributed by atoms with E-state index in [0.717, 1.165) is 69.3 Å². The van der Waals surface area contributed by atoms with Crippen LogP contribution in [0.1, 0.15) is 18.4 Å². The lowest BCUT2D eigenvalue weighted by molar-refractivity contribution is -0.140. The molecule has 29 heavy (non-hydrogen) atoms. The summed E-state index contributed by atoms with van der Waals surface area (Å²) in [4.78, 5) is 21.3.